The van der Waals surface area contributed by atoms with E-state index < -0.39 is 0 Å². The van der Waals surface area contributed by atoms with Gasteiger partial charge in [0.2, 0.25) is 0 Å². The lowest BCUT2D eigenvalue weighted by atomic mass is 10.2. The molecule has 0 atom stereocenters. The topological polar surface area (TPSA) is 36.1 Å². The van der Waals surface area contributed by atoms with Gasteiger partial charge in [0.05, 0.1) is 5.52 Å². The van der Waals surface area contributed by atoms with E-state index in [4.69, 9.17) is 0 Å². The summed E-state index contributed by atoms with van der Waals surface area (Å²) in [4.78, 5) is 16.8. The summed E-state index contributed by atoms with van der Waals surface area (Å²) in [5.74, 6) is -0.341. The third kappa shape index (κ3) is 2.55. The first kappa shape index (κ1) is 14.6. The van der Waals surface area contributed by atoms with Gasteiger partial charge in [0, 0.05) is 18.5 Å². The Morgan fingerprint density at radius 3 is 2.60 bits per heavy atom. The summed E-state index contributed by atoms with van der Waals surface area (Å²) in [7, 11) is 1.80. The first-order valence-electron chi connectivity index (χ1n) is 7.13. The summed E-state index contributed by atoms with van der Waals surface area (Å²) in [6.07, 6.45) is 2.13. The van der Waals surface area contributed by atoms with Crippen molar-refractivity contribution >= 4 is 16.8 Å². The van der Waals surface area contributed by atoms with Crippen LogP contribution in [0.15, 0.2) is 18.2 Å². The van der Waals surface area contributed by atoms with Crippen LogP contribution < -0.4 is 0 Å². The number of rotatable bonds is 2. The van der Waals surface area contributed by atoms with E-state index in [1.807, 2.05) is 19.9 Å². The molecule has 4 heteroatoms. The largest absolute Gasteiger partial charge is 0.348 e. The Bertz CT molecular complexity index is 629. The van der Waals surface area contributed by atoms with Gasteiger partial charge in [-0.15, -0.1) is 0 Å². The Labute approximate surface area is 118 Å². The highest BCUT2D eigenvalue weighted by Gasteiger charge is 2.30. The maximum Gasteiger partial charge on any atom is 0.270 e. The van der Waals surface area contributed by atoms with E-state index in [1.165, 1.54) is 0 Å². The van der Waals surface area contributed by atoms with E-state index in [1.54, 1.807) is 31.0 Å². The van der Waals surface area contributed by atoms with Crippen molar-refractivity contribution in [1.29, 1.82) is 0 Å². The van der Waals surface area contributed by atoms with Gasteiger partial charge in [-0.05, 0) is 31.4 Å². The van der Waals surface area contributed by atoms with Gasteiger partial charge in [0.1, 0.15) is 11.5 Å². The van der Waals surface area contributed by atoms with Crippen LogP contribution in [0, 0.1) is 12.7 Å². The predicted octanol–water partition coefficient (Wildman–Crippen LogP) is 3.88. The highest BCUT2D eigenvalue weighted by Crippen LogP contribution is 2.28. The Morgan fingerprint density at radius 2 is 2.00 bits per heavy atom. The fourth-order valence-corrected chi connectivity index (χ4v) is 2.20. The van der Waals surface area contributed by atoms with Gasteiger partial charge in [-0.3, -0.25) is 4.79 Å². The minimum atomic E-state index is -0.277. The maximum absolute atomic E-state index is 13.9. The van der Waals surface area contributed by atoms with Crippen LogP contribution in [0.2, 0.25) is 0 Å². The minimum Gasteiger partial charge on any atom is -0.348 e. The minimum absolute atomic E-state index is 0.0641. The van der Waals surface area contributed by atoms with Gasteiger partial charge in [0.15, 0.2) is 0 Å². The maximum atomic E-state index is 13.9. The number of amides is 1. The number of carbonyl (C=O) groups is 1. The molecule has 0 spiro atoms. The second-order valence-electron chi connectivity index (χ2n) is 4.99. The number of hydrogen-bond donors (Lipinski definition) is 1. The number of carbonyl (C=O) groups excluding carboxylic acids is 1. The van der Waals surface area contributed by atoms with Crippen LogP contribution in [0.3, 0.4) is 0 Å². The second kappa shape index (κ2) is 5.65. The lowest BCUT2D eigenvalue weighted by molar-refractivity contribution is 0.0780. The zero-order valence-corrected chi connectivity index (χ0v) is 12.5. The molecule has 0 unspecified atom stereocenters. The van der Waals surface area contributed by atoms with Crippen molar-refractivity contribution in [2.24, 2.45) is 0 Å². The fraction of sp³-hybridized carbons (Fsp3) is 0.438. The number of aryl methyl sites for hydroxylation is 1. The van der Waals surface area contributed by atoms with Gasteiger partial charge in [0.25, 0.3) is 5.91 Å². The lowest BCUT2D eigenvalue weighted by Gasteiger charge is -2.14. The standard InChI is InChI=1S/C14H15FN2O.C2H6/c1-8-3-4-9-7-11(16-13(9)12(8)15)14(18)17(2)10-5-6-10;1-2/h3-4,7,10,16H,5-6H2,1-2H3;1-2H3. The third-order valence-electron chi connectivity index (χ3n) is 3.57. The van der Waals surface area contributed by atoms with Crippen molar-refractivity contribution in [1.82, 2.24) is 9.88 Å². The number of H-pyrrole nitrogens is 1. The molecule has 1 aliphatic rings. The molecule has 1 heterocycles. The van der Waals surface area contributed by atoms with Crippen LogP contribution in [0.4, 0.5) is 4.39 Å². The zero-order valence-electron chi connectivity index (χ0n) is 12.5. The van der Waals surface area contributed by atoms with E-state index in [-0.39, 0.29) is 11.7 Å². The van der Waals surface area contributed by atoms with Gasteiger partial charge < -0.3 is 9.88 Å². The SMILES string of the molecule is CC.Cc1ccc2cc(C(=O)N(C)C3CC3)[nH]c2c1F. The fourth-order valence-electron chi connectivity index (χ4n) is 2.20. The highest BCUT2D eigenvalue weighted by molar-refractivity contribution is 5.98. The number of aromatic nitrogens is 1. The third-order valence-corrected chi connectivity index (χ3v) is 3.57. The quantitative estimate of drug-likeness (QED) is 0.888. The summed E-state index contributed by atoms with van der Waals surface area (Å²) >= 11 is 0. The number of fused-ring (bicyclic) bond motifs is 1. The Morgan fingerprint density at radius 1 is 1.35 bits per heavy atom. The van der Waals surface area contributed by atoms with Gasteiger partial charge >= 0.3 is 0 Å². The average Bonchev–Trinajstić information content (AvgIpc) is 3.23. The van der Waals surface area contributed by atoms with E-state index in [0.717, 1.165) is 18.2 Å². The normalized spacial score (nSPS) is 13.8. The molecular weight excluding hydrogens is 255 g/mol. The van der Waals surface area contributed by atoms with Crippen molar-refractivity contribution in [3.8, 4) is 0 Å². The lowest BCUT2D eigenvalue weighted by Crippen LogP contribution is -2.28. The summed E-state index contributed by atoms with van der Waals surface area (Å²) in [5.41, 5.74) is 1.46. The van der Waals surface area contributed by atoms with Crippen LogP contribution in [0.25, 0.3) is 10.9 Å². The summed E-state index contributed by atoms with van der Waals surface area (Å²) in [5, 5.41) is 0.741. The van der Waals surface area contributed by atoms with Crippen LogP contribution in [-0.2, 0) is 0 Å². The molecule has 1 aliphatic carbocycles. The first-order valence-corrected chi connectivity index (χ1v) is 7.13. The summed E-state index contributed by atoms with van der Waals surface area (Å²) in [6.45, 7) is 5.72. The zero-order chi connectivity index (χ0) is 14.9. The molecular formula is C16H21FN2O. The average molecular weight is 276 g/mol. The first-order chi connectivity index (χ1) is 9.58. The van der Waals surface area contributed by atoms with Crippen molar-refractivity contribution in [2.75, 3.05) is 7.05 Å². The van der Waals surface area contributed by atoms with Gasteiger partial charge in [-0.2, -0.15) is 0 Å². The molecule has 1 aromatic carbocycles. The second-order valence-corrected chi connectivity index (χ2v) is 4.99. The van der Waals surface area contributed by atoms with Crippen molar-refractivity contribution in [3.63, 3.8) is 0 Å². The van der Waals surface area contributed by atoms with E-state index >= 15 is 0 Å². The molecule has 0 aliphatic heterocycles. The molecule has 0 saturated heterocycles. The van der Waals surface area contributed by atoms with Crippen molar-refractivity contribution in [2.45, 2.75) is 39.7 Å². The molecule has 108 valence electrons. The molecule has 0 radical (unpaired) electrons. The number of nitrogens with zero attached hydrogens (tertiary/aromatic N) is 1. The number of benzene rings is 1. The molecule has 1 fully saturated rings. The number of nitrogens with one attached hydrogen (secondary N) is 1. The molecule has 20 heavy (non-hydrogen) atoms. The Balaban J connectivity index is 0.000000704. The van der Waals surface area contributed by atoms with Gasteiger partial charge in [-0.25, -0.2) is 4.39 Å². The molecule has 0 bridgehead atoms. The summed E-state index contributed by atoms with van der Waals surface area (Å²) < 4.78 is 13.9. The van der Waals surface area contributed by atoms with E-state index in [9.17, 15) is 9.18 Å². The smallest absolute Gasteiger partial charge is 0.270 e. The molecule has 3 rings (SSSR count). The molecule has 3 nitrogen and oxygen atoms in total. The van der Waals surface area contributed by atoms with Crippen LogP contribution >= 0.6 is 0 Å². The van der Waals surface area contributed by atoms with Crippen molar-refractivity contribution < 1.29 is 9.18 Å². The highest BCUT2D eigenvalue weighted by atomic mass is 19.1. The molecule has 1 N–H and O–H groups in total. The van der Waals surface area contributed by atoms with Crippen LogP contribution in [-0.4, -0.2) is 28.9 Å². The number of halogens is 1. The van der Waals surface area contributed by atoms with E-state index in [2.05, 4.69) is 4.98 Å². The van der Waals surface area contributed by atoms with Crippen LogP contribution in [0.5, 0.6) is 0 Å². The van der Waals surface area contributed by atoms with Gasteiger partial charge in [-0.1, -0.05) is 26.0 Å². The molecule has 1 aromatic heterocycles. The number of hydrogen-bond acceptors (Lipinski definition) is 1. The molecule has 1 amide bonds. The summed E-state index contributed by atoms with van der Waals surface area (Å²) in [6, 6.07) is 5.64. The number of aromatic amines is 1. The predicted molar refractivity (Wildman–Crippen MR) is 79.5 cm³/mol. The molecule has 1 saturated carbocycles. The Kier molecular flexibility index (Phi) is 4.12. The van der Waals surface area contributed by atoms with E-state index in [0.29, 0.717) is 22.8 Å². The monoisotopic (exact) mass is 276 g/mol. The van der Waals surface area contributed by atoms with Crippen LogP contribution in [0.1, 0.15) is 42.7 Å². The molecule has 2 aromatic rings. The Hall–Kier alpha value is -1.84. The van der Waals surface area contributed by atoms with Crippen molar-refractivity contribution in [3.05, 3.63) is 35.3 Å².